The Hall–Kier alpha value is -2.16. The molecule has 0 fully saturated rings. The molecule has 0 aliphatic carbocycles. The highest BCUT2D eigenvalue weighted by molar-refractivity contribution is 9.10. The molecule has 1 heterocycles. The first-order valence-electron chi connectivity index (χ1n) is 6.29. The van der Waals surface area contributed by atoms with E-state index in [-0.39, 0.29) is 5.69 Å². The van der Waals surface area contributed by atoms with Crippen molar-refractivity contribution in [3.8, 4) is 6.07 Å². The average Bonchev–Trinajstić information content (AvgIpc) is 2.49. The van der Waals surface area contributed by atoms with Crippen LogP contribution in [-0.2, 0) is 0 Å². The van der Waals surface area contributed by atoms with Crippen LogP contribution in [0.3, 0.4) is 0 Å². The molecule has 2 aromatic carbocycles. The van der Waals surface area contributed by atoms with E-state index in [0.29, 0.717) is 21.8 Å². The minimum atomic E-state index is -0.488. The van der Waals surface area contributed by atoms with Crippen molar-refractivity contribution in [2.24, 2.45) is 0 Å². The summed E-state index contributed by atoms with van der Waals surface area (Å²) in [7, 11) is 0. The van der Waals surface area contributed by atoms with Crippen molar-refractivity contribution in [3.63, 3.8) is 0 Å². The van der Waals surface area contributed by atoms with E-state index in [1.165, 1.54) is 18.3 Å². The number of hydrogen-bond donors (Lipinski definition) is 1. The van der Waals surface area contributed by atoms with Gasteiger partial charge in [-0.3, -0.25) is 4.98 Å². The molecule has 3 nitrogen and oxygen atoms in total. The summed E-state index contributed by atoms with van der Waals surface area (Å²) in [6.45, 7) is 0. The second kappa shape index (κ2) is 5.91. The van der Waals surface area contributed by atoms with Gasteiger partial charge in [0.15, 0.2) is 0 Å². The molecule has 0 saturated heterocycles. The van der Waals surface area contributed by atoms with Crippen LogP contribution in [0.5, 0.6) is 0 Å². The Kier molecular flexibility index (Phi) is 3.97. The van der Waals surface area contributed by atoms with Gasteiger partial charge in [-0.1, -0.05) is 27.5 Å². The van der Waals surface area contributed by atoms with Gasteiger partial charge in [-0.05, 0) is 36.4 Å². The molecular weight excluding hydrogens is 369 g/mol. The maximum absolute atomic E-state index is 14.0. The van der Waals surface area contributed by atoms with Gasteiger partial charge in [0.25, 0.3) is 0 Å². The third-order valence-corrected chi connectivity index (χ3v) is 3.87. The normalized spacial score (nSPS) is 10.5. The van der Waals surface area contributed by atoms with Crippen LogP contribution in [0.25, 0.3) is 10.9 Å². The fraction of sp³-hybridized carbons (Fsp3) is 0. The van der Waals surface area contributed by atoms with Crippen molar-refractivity contribution in [3.05, 3.63) is 63.5 Å². The molecule has 3 aromatic rings. The predicted octanol–water partition coefficient (Wildman–Crippen LogP) is 5.41. The number of pyridine rings is 1. The average molecular weight is 377 g/mol. The molecule has 6 heteroatoms. The van der Waals surface area contributed by atoms with Crippen LogP contribution in [0.2, 0.25) is 5.02 Å². The number of nitrogens with zero attached hydrogens (tertiary/aromatic N) is 2. The smallest absolute Gasteiger partial charge is 0.148 e. The topological polar surface area (TPSA) is 48.7 Å². The first kappa shape index (κ1) is 14.8. The molecule has 22 heavy (non-hydrogen) atoms. The van der Waals surface area contributed by atoms with Crippen molar-refractivity contribution < 1.29 is 4.39 Å². The van der Waals surface area contributed by atoms with E-state index >= 15 is 0 Å². The number of aromatic nitrogens is 1. The number of anilines is 2. The molecular formula is C16H8BrClFN3. The van der Waals surface area contributed by atoms with Crippen molar-refractivity contribution in [2.75, 3.05) is 5.32 Å². The van der Waals surface area contributed by atoms with Gasteiger partial charge >= 0.3 is 0 Å². The van der Waals surface area contributed by atoms with Crippen LogP contribution in [0.4, 0.5) is 15.8 Å². The zero-order chi connectivity index (χ0) is 15.7. The summed E-state index contributed by atoms with van der Waals surface area (Å²) in [5.74, 6) is -0.488. The molecule has 0 bridgehead atoms. The van der Waals surface area contributed by atoms with Crippen LogP contribution in [0.15, 0.2) is 47.1 Å². The fourth-order valence-electron chi connectivity index (χ4n) is 2.11. The van der Waals surface area contributed by atoms with Crippen LogP contribution >= 0.6 is 27.5 Å². The molecule has 108 valence electrons. The van der Waals surface area contributed by atoms with Crippen molar-refractivity contribution >= 4 is 49.8 Å². The molecule has 0 aliphatic heterocycles. The molecule has 0 saturated carbocycles. The Bertz CT molecular complexity index is 921. The number of halogens is 3. The molecule has 3 rings (SSSR count). The number of fused-ring (bicyclic) bond motifs is 1. The Morgan fingerprint density at radius 3 is 2.77 bits per heavy atom. The van der Waals surface area contributed by atoms with Crippen LogP contribution < -0.4 is 5.32 Å². The highest BCUT2D eigenvalue weighted by Gasteiger charge is 2.12. The van der Waals surface area contributed by atoms with Gasteiger partial charge in [0.2, 0.25) is 0 Å². The van der Waals surface area contributed by atoms with Crippen LogP contribution in [-0.4, -0.2) is 4.98 Å². The molecule has 0 radical (unpaired) electrons. The summed E-state index contributed by atoms with van der Waals surface area (Å²) in [6.07, 6.45) is 1.46. The fourth-order valence-corrected chi connectivity index (χ4v) is 2.62. The van der Waals surface area contributed by atoms with Gasteiger partial charge < -0.3 is 5.32 Å². The lowest BCUT2D eigenvalue weighted by Crippen LogP contribution is -1.98. The monoisotopic (exact) mass is 375 g/mol. The second-order valence-electron chi connectivity index (χ2n) is 4.57. The minimum Gasteiger partial charge on any atom is -0.351 e. The van der Waals surface area contributed by atoms with Gasteiger partial charge in [-0.2, -0.15) is 5.26 Å². The van der Waals surface area contributed by atoms with Crippen LogP contribution in [0.1, 0.15) is 5.56 Å². The highest BCUT2D eigenvalue weighted by Crippen LogP contribution is 2.31. The van der Waals surface area contributed by atoms with E-state index in [1.54, 1.807) is 6.07 Å². The zero-order valence-corrected chi connectivity index (χ0v) is 13.4. The first-order valence-corrected chi connectivity index (χ1v) is 7.46. The summed E-state index contributed by atoms with van der Waals surface area (Å²) in [4.78, 5) is 4.24. The molecule has 1 N–H and O–H groups in total. The minimum absolute atomic E-state index is 0.247. The standard InChI is InChI=1S/C16H8BrClFN3/c17-10-1-3-12-15(5-10)21-8-9(7-20)16(12)22-14-4-2-11(18)6-13(14)19/h1-6,8H,(H,21,22). The Morgan fingerprint density at radius 1 is 1.23 bits per heavy atom. The van der Waals surface area contributed by atoms with E-state index < -0.39 is 5.82 Å². The molecule has 1 aromatic heterocycles. The van der Waals surface area contributed by atoms with E-state index in [4.69, 9.17) is 11.6 Å². The summed E-state index contributed by atoms with van der Waals surface area (Å²) in [6, 6.07) is 11.9. The van der Waals surface area contributed by atoms with Gasteiger partial charge in [0.05, 0.1) is 22.5 Å². The van der Waals surface area contributed by atoms with E-state index in [0.717, 1.165) is 9.86 Å². The summed E-state index contributed by atoms with van der Waals surface area (Å²) >= 11 is 9.13. The van der Waals surface area contributed by atoms with Gasteiger partial charge in [-0.15, -0.1) is 0 Å². The van der Waals surface area contributed by atoms with E-state index in [2.05, 4.69) is 32.3 Å². The Balaban J connectivity index is 2.18. The van der Waals surface area contributed by atoms with E-state index in [9.17, 15) is 9.65 Å². The summed E-state index contributed by atoms with van der Waals surface area (Å²) in [5.41, 5.74) is 1.80. The summed E-state index contributed by atoms with van der Waals surface area (Å²) in [5, 5.41) is 13.3. The van der Waals surface area contributed by atoms with Gasteiger partial charge in [0.1, 0.15) is 11.9 Å². The molecule has 0 atom stereocenters. The SMILES string of the molecule is N#Cc1cnc2cc(Br)ccc2c1Nc1ccc(Cl)cc1F. The van der Waals surface area contributed by atoms with Crippen molar-refractivity contribution in [2.45, 2.75) is 0 Å². The molecule has 0 spiro atoms. The largest absolute Gasteiger partial charge is 0.351 e. The number of benzene rings is 2. The maximum Gasteiger partial charge on any atom is 0.148 e. The van der Waals surface area contributed by atoms with Crippen molar-refractivity contribution in [1.29, 1.82) is 5.26 Å². The zero-order valence-electron chi connectivity index (χ0n) is 11.1. The van der Waals surface area contributed by atoms with Gasteiger partial charge in [-0.25, -0.2) is 4.39 Å². The first-order chi connectivity index (χ1) is 10.6. The third-order valence-electron chi connectivity index (χ3n) is 3.14. The lowest BCUT2D eigenvalue weighted by molar-refractivity contribution is 0.632. The second-order valence-corrected chi connectivity index (χ2v) is 5.92. The highest BCUT2D eigenvalue weighted by atomic mass is 79.9. The lowest BCUT2D eigenvalue weighted by atomic mass is 10.1. The maximum atomic E-state index is 14.0. The molecule has 0 amide bonds. The Labute approximate surface area is 139 Å². The Morgan fingerprint density at radius 2 is 2.05 bits per heavy atom. The third kappa shape index (κ3) is 2.76. The van der Waals surface area contributed by atoms with Gasteiger partial charge in [0, 0.05) is 21.1 Å². The predicted molar refractivity (Wildman–Crippen MR) is 88.9 cm³/mol. The van der Waals surface area contributed by atoms with Crippen molar-refractivity contribution in [1.82, 2.24) is 4.98 Å². The number of hydrogen-bond acceptors (Lipinski definition) is 3. The summed E-state index contributed by atoms with van der Waals surface area (Å²) < 4.78 is 14.9. The van der Waals surface area contributed by atoms with E-state index in [1.807, 2.05) is 18.2 Å². The lowest BCUT2D eigenvalue weighted by Gasteiger charge is -2.12. The quantitative estimate of drug-likeness (QED) is 0.651. The molecule has 0 aliphatic rings. The number of nitrogens with one attached hydrogen (secondary N) is 1. The molecule has 0 unspecified atom stereocenters. The van der Waals surface area contributed by atoms with Crippen LogP contribution in [0, 0.1) is 17.1 Å². The number of rotatable bonds is 2. The number of nitriles is 1.